The average molecular weight is 435 g/mol. The molecule has 1 saturated heterocycles. The van der Waals surface area contributed by atoms with Gasteiger partial charge >= 0.3 is 6.18 Å². The van der Waals surface area contributed by atoms with Crippen molar-refractivity contribution < 1.29 is 27.4 Å². The first kappa shape index (κ1) is 20.7. The maximum Gasteiger partial charge on any atom is 0.417 e. The molecule has 1 aliphatic rings. The van der Waals surface area contributed by atoms with Crippen molar-refractivity contribution in [3.8, 4) is 5.88 Å². The number of aromatic nitrogens is 1. The number of rotatable bonds is 4. The number of pyridine rings is 1. The minimum Gasteiger partial charge on any atom is -0.475 e. The molecular weight excluding hydrogens is 420 g/mol. The molecule has 28 heavy (non-hydrogen) atoms. The lowest BCUT2D eigenvalue weighted by Gasteiger charge is -2.33. The zero-order valence-electron chi connectivity index (χ0n) is 14.4. The minimum absolute atomic E-state index is 0.0332. The standard InChI is InChI=1S/C18H15Cl2F3N2O3/c19-12-2-3-15(20)14(7-12)17(26)25-5-6-27-13(9-25)10-28-16-4-1-11(8-24-16)18(21,22)23/h1-4,7-8,13H,5-6,9-10H2. The third-order valence-corrected chi connectivity index (χ3v) is 4.63. The molecule has 10 heteroatoms. The van der Waals surface area contributed by atoms with Crippen molar-refractivity contribution in [1.29, 1.82) is 0 Å². The predicted molar refractivity (Wildman–Crippen MR) is 96.8 cm³/mol. The van der Waals surface area contributed by atoms with Crippen molar-refractivity contribution in [2.45, 2.75) is 12.3 Å². The Morgan fingerprint density at radius 1 is 1.29 bits per heavy atom. The van der Waals surface area contributed by atoms with Crippen LogP contribution >= 0.6 is 23.2 Å². The molecule has 1 unspecified atom stereocenters. The van der Waals surface area contributed by atoms with Gasteiger partial charge in [-0.2, -0.15) is 13.2 Å². The van der Waals surface area contributed by atoms with Crippen LogP contribution in [-0.4, -0.2) is 48.2 Å². The fraction of sp³-hybridized carbons (Fsp3) is 0.333. The number of carbonyl (C=O) groups is 1. The number of hydrogen-bond donors (Lipinski definition) is 0. The van der Waals surface area contributed by atoms with E-state index < -0.39 is 17.8 Å². The van der Waals surface area contributed by atoms with Crippen molar-refractivity contribution in [1.82, 2.24) is 9.88 Å². The van der Waals surface area contributed by atoms with Gasteiger partial charge in [-0.15, -0.1) is 0 Å². The maximum atomic E-state index is 12.7. The number of amides is 1. The van der Waals surface area contributed by atoms with Crippen molar-refractivity contribution in [3.05, 3.63) is 57.7 Å². The summed E-state index contributed by atoms with van der Waals surface area (Å²) in [6.45, 7) is 0.933. The van der Waals surface area contributed by atoms with E-state index in [9.17, 15) is 18.0 Å². The molecule has 1 amide bonds. The molecule has 0 radical (unpaired) electrons. The summed E-state index contributed by atoms with van der Waals surface area (Å²) < 4.78 is 48.6. The molecule has 1 aromatic heterocycles. The van der Waals surface area contributed by atoms with Crippen molar-refractivity contribution >= 4 is 29.1 Å². The van der Waals surface area contributed by atoms with Gasteiger partial charge < -0.3 is 14.4 Å². The summed E-state index contributed by atoms with van der Waals surface area (Å²) in [5.41, 5.74) is -0.566. The highest BCUT2D eigenvalue weighted by Gasteiger charge is 2.31. The molecule has 0 saturated carbocycles. The quantitative estimate of drug-likeness (QED) is 0.718. The zero-order chi connectivity index (χ0) is 20.3. The molecule has 0 N–H and O–H groups in total. The van der Waals surface area contributed by atoms with Crippen LogP contribution in [0.1, 0.15) is 15.9 Å². The molecule has 0 bridgehead atoms. The number of hydrogen-bond acceptors (Lipinski definition) is 4. The Morgan fingerprint density at radius 2 is 2.07 bits per heavy atom. The Kier molecular flexibility index (Phi) is 6.32. The molecule has 0 aliphatic carbocycles. The Morgan fingerprint density at radius 3 is 2.75 bits per heavy atom. The van der Waals surface area contributed by atoms with E-state index in [-0.39, 0.29) is 24.9 Å². The maximum absolute atomic E-state index is 12.7. The molecule has 3 rings (SSSR count). The molecule has 150 valence electrons. The zero-order valence-corrected chi connectivity index (χ0v) is 15.9. The highest BCUT2D eigenvalue weighted by Crippen LogP contribution is 2.29. The molecule has 1 fully saturated rings. The third-order valence-electron chi connectivity index (χ3n) is 4.07. The summed E-state index contributed by atoms with van der Waals surface area (Å²) >= 11 is 12.0. The van der Waals surface area contributed by atoms with E-state index in [0.717, 1.165) is 12.1 Å². The SMILES string of the molecule is O=C(c1cc(Cl)ccc1Cl)N1CCOC(COc2ccc(C(F)(F)F)cn2)C1. The topological polar surface area (TPSA) is 51.7 Å². The number of alkyl halides is 3. The highest BCUT2D eigenvalue weighted by atomic mass is 35.5. The normalized spacial score (nSPS) is 17.5. The van der Waals surface area contributed by atoms with Gasteiger partial charge in [0, 0.05) is 23.8 Å². The van der Waals surface area contributed by atoms with Crippen LogP contribution in [0.15, 0.2) is 36.5 Å². The second kappa shape index (κ2) is 8.55. The van der Waals surface area contributed by atoms with Crippen LogP contribution in [0.3, 0.4) is 0 Å². The predicted octanol–water partition coefficient (Wildman–Crippen LogP) is 4.33. The van der Waals surface area contributed by atoms with Crippen LogP contribution in [-0.2, 0) is 10.9 Å². The summed E-state index contributed by atoms with van der Waals surface area (Å²) in [7, 11) is 0. The van der Waals surface area contributed by atoms with Crippen LogP contribution in [0.5, 0.6) is 5.88 Å². The van der Waals surface area contributed by atoms with Gasteiger partial charge in [0.25, 0.3) is 5.91 Å². The van der Waals surface area contributed by atoms with Gasteiger partial charge in [-0.3, -0.25) is 4.79 Å². The number of carbonyl (C=O) groups excluding carboxylic acids is 1. The third kappa shape index (κ3) is 5.06. The Hall–Kier alpha value is -2.03. The van der Waals surface area contributed by atoms with Crippen molar-refractivity contribution in [3.63, 3.8) is 0 Å². The average Bonchev–Trinajstić information content (AvgIpc) is 2.67. The van der Waals surface area contributed by atoms with Crippen LogP contribution in [0.2, 0.25) is 10.0 Å². The molecule has 1 aliphatic heterocycles. The van der Waals surface area contributed by atoms with Gasteiger partial charge in [-0.1, -0.05) is 23.2 Å². The van der Waals surface area contributed by atoms with E-state index in [0.29, 0.717) is 35.0 Å². The number of morpholine rings is 1. The van der Waals surface area contributed by atoms with Gasteiger partial charge in [-0.05, 0) is 24.3 Å². The second-order valence-corrected chi connectivity index (χ2v) is 6.91. The summed E-state index contributed by atoms with van der Waals surface area (Å²) in [6.07, 6.45) is -4.21. The van der Waals surface area contributed by atoms with Gasteiger partial charge in [0.2, 0.25) is 5.88 Å². The molecule has 1 atom stereocenters. The summed E-state index contributed by atoms with van der Waals surface area (Å²) in [5.74, 6) is -0.244. The van der Waals surface area contributed by atoms with E-state index in [2.05, 4.69) is 4.98 Å². The van der Waals surface area contributed by atoms with E-state index in [4.69, 9.17) is 32.7 Å². The van der Waals surface area contributed by atoms with Crippen LogP contribution in [0.25, 0.3) is 0 Å². The lowest BCUT2D eigenvalue weighted by Crippen LogP contribution is -2.47. The number of benzene rings is 1. The molecule has 0 spiro atoms. The van der Waals surface area contributed by atoms with Crippen LogP contribution < -0.4 is 4.74 Å². The Bertz CT molecular complexity index is 847. The number of nitrogens with zero attached hydrogens (tertiary/aromatic N) is 2. The Balaban J connectivity index is 1.59. The molecular formula is C18H15Cl2F3N2O3. The summed E-state index contributed by atoms with van der Waals surface area (Å²) in [6, 6.07) is 6.67. The highest BCUT2D eigenvalue weighted by molar-refractivity contribution is 6.35. The monoisotopic (exact) mass is 434 g/mol. The molecule has 2 aromatic rings. The fourth-order valence-corrected chi connectivity index (χ4v) is 3.02. The first-order valence-electron chi connectivity index (χ1n) is 8.26. The largest absolute Gasteiger partial charge is 0.475 e. The van der Waals surface area contributed by atoms with Gasteiger partial charge in [0.05, 0.1) is 29.3 Å². The Labute approximate surface area is 169 Å². The van der Waals surface area contributed by atoms with E-state index in [1.807, 2.05) is 0 Å². The van der Waals surface area contributed by atoms with E-state index >= 15 is 0 Å². The van der Waals surface area contributed by atoms with Crippen LogP contribution in [0.4, 0.5) is 13.2 Å². The fourth-order valence-electron chi connectivity index (χ4n) is 2.65. The first-order valence-corrected chi connectivity index (χ1v) is 9.01. The van der Waals surface area contributed by atoms with Gasteiger partial charge in [-0.25, -0.2) is 4.98 Å². The van der Waals surface area contributed by atoms with Crippen molar-refractivity contribution in [2.24, 2.45) is 0 Å². The molecule has 5 nitrogen and oxygen atoms in total. The van der Waals surface area contributed by atoms with Gasteiger partial charge in [0.1, 0.15) is 12.7 Å². The number of ether oxygens (including phenoxy) is 2. The molecule has 2 heterocycles. The minimum atomic E-state index is -4.46. The first-order chi connectivity index (χ1) is 13.2. The second-order valence-electron chi connectivity index (χ2n) is 6.06. The lowest BCUT2D eigenvalue weighted by atomic mass is 10.1. The summed E-state index contributed by atoms with van der Waals surface area (Å²) in [5, 5.41) is 0.692. The summed E-state index contributed by atoms with van der Waals surface area (Å²) in [4.78, 5) is 17.9. The lowest BCUT2D eigenvalue weighted by molar-refractivity contribution is -0.137. The van der Waals surface area contributed by atoms with E-state index in [1.165, 1.54) is 6.07 Å². The molecule has 1 aromatic carbocycles. The van der Waals surface area contributed by atoms with Gasteiger partial charge in [0.15, 0.2) is 0 Å². The van der Waals surface area contributed by atoms with E-state index in [1.54, 1.807) is 17.0 Å². The van der Waals surface area contributed by atoms with Crippen molar-refractivity contribution in [2.75, 3.05) is 26.3 Å². The number of halogens is 5. The smallest absolute Gasteiger partial charge is 0.417 e. The van der Waals surface area contributed by atoms with Crippen LogP contribution in [0, 0.1) is 0 Å².